The van der Waals surface area contributed by atoms with E-state index in [1.165, 1.54) is 48.5 Å². The standard InChI is InChI=1S/C21H21ClFN5O2/c1-2-14(24)11-25-19-10-17(21(30)26-15-6-4-13(23)5-7-15)27-20(28-19)16-9-12(22)3-8-18(16)29/h3-10,14,29H,2,11,24H2,1H3,(H,26,30)(H,25,27,28)/t14-/m1/s1. The number of hydrogen-bond acceptors (Lipinski definition) is 6. The fourth-order valence-corrected chi connectivity index (χ4v) is 2.74. The van der Waals surface area contributed by atoms with Gasteiger partial charge in [0.1, 0.15) is 23.1 Å². The molecule has 0 bridgehead atoms. The van der Waals surface area contributed by atoms with Crippen molar-refractivity contribution in [2.24, 2.45) is 5.73 Å². The SMILES string of the molecule is CC[C@@H](N)CNc1cc(C(=O)Nc2ccc(F)cc2)nc(-c2cc(Cl)ccc2O)n1. The average Bonchev–Trinajstić information content (AvgIpc) is 2.75. The monoisotopic (exact) mass is 429 g/mol. The molecule has 30 heavy (non-hydrogen) atoms. The maximum absolute atomic E-state index is 13.1. The first-order chi connectivity index (χ1) is 14.4. The molecule has 1 aromatic heterocycles. The van der Waals surface area contributed by atoms with Gasteiger partial charge in [-0.25, -0.2) is 14.4 Å². The molecule has 2 aromatic carbocycles. The Hall–Kier alpha value is -3.23. The van der Waals surface area contributed by atoms with Crippen LogP contribution in [0.2, 0.25) is 5.02 Å². The van der Waals surface area contributed by atoms with Crippen molar-refractivity contribution in [2.45, 2.75) is 19.4 Å². The van der Waals surface area contributed by atoms with Crippen molar-refractivity contribution in [3.8, 4) is 17.1 Å². The molecule has 0 radical (unpaired) electrons. The van der Waals surface area contributed by atoms with Gasteiger partial charge in [0, 0.05) is 29.4 Å². The van der Waals surface area contributed by atoms with E-state index in [1.807, 2.05) is 6.92 Å². The van der Waals surface area contributed by atoms with E-state index in [0.29, 0.717) is 23.1 Å². The number of anilines is 2. The molecule has 1 heterocycles. The van der Waals surface area contributed by atoms with Crippen molar-refractivity contribution in [3.63, 3.8) is 0 Å². The van der Waals surface area contributed by atoms with Gasteiger partial charge < -0.3 is 21.5 Å². The number of rotatable bonds is 7. The third-order valence-corrected chi connectivity index (χ3v) is 4.57. The molecule has 0 fully saturated rings. The number of nitrogens with zero attached hydrogens (tertiary/aromatic N) is 2. The summed E-state index contributed by atoms with van der Waals surface area (Å²) in [6.45, 7) is 2.40. The lowest BCUT2D eigenvalue weighted by Gasteiger charge is -2.14. The molecule has 5 N–H and O–H groups in total. The smallest absolute Gasteiger partial charge is 0.274 e. The molecular weight excluding hydrogens is 409 g/mol. The molecule has 0 spiro atoms. The zero-order valence-corrected chi connectivity index (χ0v) is 16.9. The Morgan fingerprint density at radius 3 is 2.63 bits per heavy atom. The fourth-order valence-electron chi connectivity index (χ4n) is 2.57. The highest BCUT2D eigenvalue weighted by atomic mass is 35.5. The summed E-state index contributed by atoms with van der Waals surface area (Å²) in [4.78, 5) is 21.4. The van der Waals surface area contributed by atoms with Gasteiger partial charge in [0.2, 0.25) is 0 Å². The van der Waals surface area contributed by atoms with E-state index in [0.717, 1.165) is 6.42 Å². The largest absolute Gasteiger partial charge is 0.507 e. The van der Waals surface area contributed by atoms with E-state index in [9.17, 15) is 14.3 Å². The van der Waals surface area contributed by atoms with E-state index >= 15 is 0 Å². The zero-order chi connectivity index (χ0) is 21.7. The number of carbonyl (C=O) groups is 1. The van der Waals surface area contributed by atoms with Crippen LogP contribution in [0.4, 0.5) is 15.9 Å². The van der Waals surface area contributed by atoms with Gasteiger partial charge in [-0.2, -0.15) is 0 Å². The van der Waals surface area contributed by atoms with Crippen LogP contribution in [0.3, 0.4) is 0 Å². The van der Waals surface area contributed by atoms with Gasteiger partial charge in [-0.1, -0.05) is 18.5 Å². The van der Waals surface area contributed by atoms with E-state index in [4.69, 9.17) is 17.3 Å². The van der Waals surface area contributed by atoms with Crippen molar-refractivity contribution in [3.05, 3.63) is 65.1 Å². The third kappa shape index (κ3) is 5.43. The van der Waals surface area contributed by atoms with Crippen LogP contribution < -0.4 is 16.4 Å². The number of aromatic hydroxyl groups is 1. The van der Waals surface area contributed by atoms with Crippen LogP contribution in [0.1, 0.15) is 23.8 Å². The summed E-state index contributed by atoms with van der Waals surface area (Å²) in [5.41, 5.74) is 6.70. The Morgan fingerprint density at radius 1 is 1.20 bits per heavy atom. The number of amides is 1. The molecule has 1 atom stereocenters. The number of hydrogen-bond donors (Lipinski definition) is 4. The van der Waals surface area contributed by atoms with Crippen molar-refractivity contribution >= 4 is 29.0 Å². The molecular formula is C21H21ClFN5O2. The highest BCUT2D eigenvalue weighted by Crippen LogP contribution is 2.30. The summed E-state index contributed by atoms with van der Waals surface area (Å²) in [5.74, 6) is -0.518. The van der Waals surface area contributed by atoms with Crippen LogP contribution in [-0.2, 0) is 0 Å². The first-order valence-corrected chi connectivity index (χ1v) is 9.68. The highest BCUT2D eigenvalue weighted by Gasteiger charge is 2.16. The molecule has 7 nitrogen and oxygen atoms in total. The van der Waals surface area contributed by atoms with E-state index in [2.05, 4.69) is 20.6 Å². The minimum atomic E-state index is -0.519. The quantitative estimate of drug-likeness (QED) is 0.450. The van der Waals surface area contributed by atoms with Crippen LogP contribution in [-0.4, -0.2) is 33.6 Å². The summed E-state index contributed by atoms with van der Waals surface area (Å²) in [6.07, 6.45) is 0.762. The Bertz CT molecular complexity index is 1050. The summed E-state index contributed by atoms with van der Waals surface area (Å²) in [5, 5.41) is 16.3. The maximum Gasteiger partial charge on any atom is 0.274 e. The Morgan fingerprint density at radius 2 is 1.93 bits per heavy atom. The minimum absolute atomic E-state index is 0.0521. The van der Waals surface area contributed by atoms with E-state index in [1.54, 1.807) is 0 Å². The number of phenolic OH excluding ortho intramolecular Hbond substituents is 1. The second-order valence-electron chi connectivity index (χ2n) is 6.63. The lowest BCUT2D eigenvalue weighted by molar-refractivity contribution is 0.102. The summed E-state index contributed by atoms with van der Waals surface area (Å²) in [7, 11) is 0. The number of aromatic nitrogens is 2. The predicted molar refractivity (Wildman–Crippen MR) is 115 cm³/mol. The molecule has 9 heteroatoms. The van der Waals surface area contributed by atoms with Crippen molar-refractivity contribution < 1.29 is 14.3 Å². The van der Waals surface area contributed by atoms with Crippen LogP contribution in [0.5, 0.6) is 5.75 Å². The average molecular weight is 430 g/mol. The molecule has 1 amide bonds. The van der Waals surface area contributed by atoms with Crippen LogP contribution in [0.25, 0.3) is 11.4 Å². The number of nitrogens with two attached hydrogens (primary N) is 1. The molecule has 156 valence electrons. The molecule has 0 unspecified atom stereocenters. The van der Waals surface area contributed by atoms with Gasteiger partial charge in [0.05, 0.1) is 5.56 Å². The highest BCUT2D eigenvalue weighted by molar-refractivity contribution is 6.30. The first kappa shape index (κ1) is 21.5. The van der Waals surface area contributed by atoms with Gasteiger partial charge in [-0.15, -0.1) is 0 Å². The minimum Gasteiger partial charge on any atom is -0.507 e. The second kappa shape index (κ2) is 9.51. The molecule has 3 rings (SSSR count). The number of carbonyl (C=O) groups excluding carboxylic acids is 1. The lowest BCUT2D eigenvalue weighted by atomic mass is 10.1. The normalized spacial score (nSPS) is 11.7. The fraction of sp³-hybridized carbons (Fsp3) is 0.190. The van der Waals surface area contributed by atoms with Gasteiger partial charge >= 0.3 is 0 Å². The Labute approximate surface area is 178 Å². The number of phenols is 1. The topological polar surface area (TPSA) is 113 Å². The van der Waals surface area contributed by atoms with Crippen LogP contribution in [0, 0.1) is 5.82 Å². The first-order valence-electron chi connectivity index (χ1n) is 9.30. The molecule has 3 aromatic rings. The predicted octanol–water partition coefficient (Wildman–Crippen LogP) is 4.04. The van der Waals surface area contributed by atoms with E-state index < -0.39 is 11.7 Å². The molecule has 0 saturated heterocycles. The summed E-state index contributed by atoms with van der Waals surface area (Å²) >= 11 is 6.04. The molecule has 0 saturated carbocycles. The summed E-state index contributed by atoms with van der Waals surface area (Å²) in [6, 6.07) is 11.2. The van der Waals surface area contributed by atoms with Crippen LogP contribution >= 0.6 is 11.6 Å². The summed E-state index contributed by atoms with van der Waals surface area (Å²) < 4.78 is 13.1. The molecule has 0 aliphatic heterocycles. The molecule has 0 aliphatic rings. The number of halogens is 2. The number of benzene rings is 2. The lowest BCUT2D eigenvalue weighted by Crippen LogP contribution is -2.28. The Balaban J connectivity index is 1.97. The van der Waals surface area contributed by atoms with Gasteiger partial charge in [0.25, 0.3) is 5.91 Å². The Kier molecular flexibility index (Phi) is 6.81. The van der Waals surface area contributed by atoms with Crippen molar-refractivity contribution in [2.75, 3.05) is 17.2 Å². The molecule has 0 aliphatic carbocycles. The van der Waals surface area contributed by atoms with Crippen molar-refractivity contribution in [1.82, 2.24) is 9.97 Å². The number of nitrogens with one attached hydrogen (secondary N) is 2. The van der Waals surface area contributed by atoms with Gasteiger partial charge in [0.15, 0.2) is 5.82 Å². The van der Waals surface area contributed by atoms with Gasteiger partial charge in [-0.05, 0) is 48.9 Å². The zero-order valence-electron chi connectivity index (χ0n) is 16.2. The second-order valence-corrected chi connectivity index (χ2v) is 7.07. The van der Waals surface area contributed by atoms with Crippen molar-refractivity contribution in [1.29, 1.82) is 0 Å². The maximum atomic E-state index is 13.1. The van der Waals surface area contributed by atoms with Gasteiger partial charge in [-0.3, -0.25) is 4.79 Å². The van der Waals surface area contributed by atoms with Crippen LogP contribution in [0.15, 0.2) is 48.5 Å². The van der Waals surface area contributed by atoms with E-state index in [-0.39, 0.29) is 28.9 Å². The third-order valence-electron chi connectivity index (χ3n) is 4.33.